The number of nitrogens with zero attached hydrogens (tertiary/aromatic N) is 2. The molecule has 0 saturated heterocycles. The molecule has 3 aromatic rings. The average Bonchev–Trinajstić information content (AvgIpc) is 2.66. The van der Waals surface area contributed by atoms with Gasteiger partial charge >= 0.3 is 6.18 Å². The van der Waals surface area contributed by atoms with Crippen molar-refractivity contribution in [1.82, 2.24) is 4.98 Å². The number of thioether (sulfide) groups is 1. The van der Waals surface area contributed by atoms with Crippen molar-refractivity contribution in [3.63, 3.8) is 0 Å². The Hall–Kier alpha value is -2.78. The van der Waals surface area contributed by atoms with Crippen LogP contribution in [0.2, 0.25) is 0 Å². The highest BCUT2D eigenvalue weighted by Gasteiger charge is 2.36. The number of aryl methyl sites for hydroxylation is 2. The molecule has 28 heavy (non-hydrogen) atoms. The SMILES string of the molecule is Cc1ccc(CSc2nc(-c3ccc(C)cc3)cc(C(F)(F)F)c2C#N)cc1. The van der Waals surface area contributed by atoms with Crippen molar-refractivity contribution in [2.24, 2.45) is 0 Å². The predicted octanol–water partition coefficient (Wildman–Crippen LogP) is 6.55. The summed E-state index contributed by atoms with van der Waals surface area (Å²) >= 11 is 1.14. The summed E-state index contributed by atoms with van der Waals surface area (Å²) in [5.74, 6) is 0.427. The highest BCUT2D eigenvalue weighted by molar-refractivity contribution is 7.98. The summed E-state index contributed by atoms with van der Waals surface area (Å²) in [5, 5.41) is 9.48. The fraction of sp³-hybridized carbons (Fsp3) is 0.182. The highest BCUT2D eigenvalue weighted by Crippen LogP contribution is 2.38. The number of alkyl halides is 3. The van der Waals surface area contributed by atoms with Gasteiger partial charge < -0.3 is 0 Å². The average molecular weight is 398 g/mol. The van der Waals surface area contributed by atoms with E-state index in [9.17, 15) is 18.4 Å². The van der Waals surface area contributed by atoms with Crippen molar-refractivity contribution in [2.75, 3.05) is 0 Å². The number of hydrogen-bond acceptors (Lipinski definition) is 3. The second kappa shape index (κ2) is 8.07. The van der Waals surface area contributed by atoms with Gasteiger partial charge in [0, 0.05) is 11.3 Å². The summed E-state index contributed by atoms with van der Waals surface area (Å²) in [6.45, 7) is 3.87. The summed E-state index contributed by atoms with van der Waals surface area (Å²) in [7, 11) is 0. The number of aromatic nitrogens is 1. The molecule has 0 fully saturated rings. The smallest absolute Gasteiger partial charge is 0.240 e. The molecule has 0 bridgehead atoms. The fourth-order valence-corrected chi connectivity index (χ4v) is 3.62. The van der Waals surface area contributed by atoms with Crippen LogP contribution >= 0.6 is 11.8 Å². The molecule has 3 rings (SSSR count). The normalized spacial score (nSPS) is 11.3. The summed E-state index contributed by atoms with van der Waals surface area (Å²) in [6.07, 6.45) is -4.63. The molecule has 0 spiro atoms. The highest BCUT2D eigenvalue weighted by atomic mass is 32.2. The third-order valence-electron chi connectivity index (χ3n) is 4.25. The molecule has 2 aromatic carbocycles. The number of nitriles is 1. The van der Waals surface area contributed by atoms with E-state index < -0.39 is 17.3 Å². The van der Waals surface area contributed by atoms with E-state index in [1.54, 1.807) is 18.2 Å². The van der Waals surface area contributed by atoms with Crippen molar-refractivity contribution in [1.29, 1.82) is 5.26 Å². The number of halogens is 3. The minimum absolute atomic E-state index is 0.0912. The number of pyridine rings is 1. The Morgan fingerprint density at radius 3 is 2.07 bits per heavy atom. The maximum atomic E-state index is 13.6. The molecule has 0 amide bonds. The predicted molar refractivity (Wildman–Crippen MR) is 105 cm³/mol. The molecule has 1 heterocycles. The molecular formula is C22H17F3N2S. The Morgan fingerprint density at radius 2 is 1.54 bits per heavy atom. The first-order valence-corrected chi connectivity index (χ1v) is 9.54. The summed E-state index contributed by atoms with van der Waals surface area (Å²) in [4.78, 5) is 4.39. The molecule has 0 aliphatic carbocycles. The van der Waals surface area contributed by atoms with Gasteiger partial charge in [0.05, 0.1) is 16.8 Å². The Labute approximate surface area is 166 Å². The van der Waals surface area contributed by atoms with Gasteiger partial charge in [-0.25, -0.2) is 4.98 Å². The minimum Gasteiger partial charge on any atom is -0.240 e. The van der Waals surface area contributed by atoms with Gasteiger partial charge in [0.1, 0.15) is 11.1 Å². The van der Waals surface area contributed by atoms with E-state index in [2.05, 4.69) is 4.98 Å². The van der Waals surface area contributed by atoms with Crippen molar-refractivity contribution < 1.29 is 13.2 Å². The van der Waals surface area contributed by atoms with E-state index in [1.807, 2.05) is 50.2 Å². The topological polar surface area (TPSA) is 36.7 Å². The first kappa shape index (κ1) is 20.0. The van der Waals surface area contributed by atoms with Gasteiger partial charge in [-0.3, -0.25) is 0 Å². The Bertz CT molecular complexity index is 1020. The van der Waals surface area contributed by atoms with Gasteiger partial charge in [0.25, 0.3) is 0 Å². The largest absolute Gasteiger partial charge is 0.417 e. The summed E-state index contributed by atoms with van der Waals surface area (Å²) < 4.78 is 40.8. The number of rotatable bonds is 4. The van der Waals surface area contributed by atoms with Crippen LogP contribution in [0, 0.1) is 25.2 Å². The Balaban J connectivity index is 2.05. The van der Waals surface area contributed by atoms with E-state index in [-0.39, 0.29) is 10.7 Å². The lowest BCUT2D eigenvalue weighted by molar-refractivity contribution is -0.138. The molecule has 0 N–H and O–H groups in total. The fourth-order valence-electron chi connectivity index (χ4n) is 2.67. The lowest BCUT2D eigenvalue weighted by atomic mass is 10.0. The molecule has 0 saturated carbocycles. The van der Waals surface area contributed by atoms with Crippen LogP contribution in [0.5, 0.6) is 0 Å². The zero-order valence-electron chi connectivity index (χ0n) is 15.3. The Kier molecular flexibility index (Phi) is 5.76. The quantitative estimate of drug-likeness (QED) is 0.468. The number of hydrogen-bond donors (Lipinski definition) is 0. The molecular weight excluding hydrogens is 381 g/mol. The molecule has 6 heteroatoms. The molecule has 0 radical (unpaired) electrons. The molecule has 0 aliphatic heterocycles. The second-order valence-electron chi connectivity index (χ2n) is 6.49. The van der Waals surface area contributed by atoms with Gasteiger partial charge in [-0.15, -0.1) is 11.8 Å². The van der Waals surface area contributed by atoms with Crippen LogP contribution in [0.15, 0.2) is 59.6 Å². The third kappa shape index (κ3) is 4.55. The van der Waals surface area contributed by atoms with Crippen molar-refractivity contribution in [2.45, 2.75) is 30.8 Å². The maximum Gasteiger partial charge on any atom is 0.417 e. The lowest BCUT2D eigenvalue weighted by Gasteiger charge is -2.14. The minimum atomic E-state index is -4.63. The van der Waals surface area contributed by atoms with Crippen molar-refractivity contribution in [3.05, 3.63) is 82.4 Å². The first-order valence-electron chi connectivity index (χ1n) is 8.55. The van der Waals surface area contributed by atoms with Crippen LogP contribution in [-0.4, -0.2) is 4.98 Å². The molecule has 2 nitrogen and oxygen atoms in total. The zero-order chi connectivity index (χ0) is 20.3. The molecule has 0 aliphatic rings. The van der Waals surface area contributed by atoms with Gasteiger partial charge in [-0.1, -0.05) is 59.7 Å². The van der Waals surface area contributed by atoms with Crippen LogP contribution in [0.4, 0.5) is 13.2 Å². The first-order chi connectivity index (χ1) is 13.3. The van der Waals surface area contributed by atoms with Gasteiger partial charge in [0.15, 0.2) is 0 Å². The van der Waals surface area contributed by atoms with E-state index in [1.165, 1.54) is 0 Å². The standard InChI is InChI=1S/C22H17F3N2S/c1-14-3-7-16(8-4-14)13-28-21-18(12-26)19(22(23,24)25)11-20(27-21)17-9-5-15(2)6-10-17/h3-11H,13H2,1-2H3. The van der Waals surface area contributed by atoms with Gasteiger partial charge in [-0.2, -0.15) is 18.4 Å². The van der Waals surface area contributed by atoms with E-state index in [4.69, 9.17) is 0 Å². The monoisotopic (exact) mass is 398 g/mol. The van der Waals surface area contributed by atoms with Gasteiger partial charge in [0.2, 0.25) is 0 Å². The second-order valence-corrected chi connectivity index (χ2v) is 7.45. The Morgan fingerprint density at radius 1 is 0.964 bits per heavy atom. The molecule has 0 atom stereocenters. The van der Waals surface area contributed by atoms with Gasteiger partial charge in [-0.05, 0) is 25.5 Å². The summed E-state index contributed by atoms with van der Waals surface area (Å²) in [6, 6.07) is 17.5. The van der Waals surface area contributed by atoms with Crippen LogP contribution in [0.1, 0.15) is 27.8 Å². The lowest BCUT2D eigenvalue weighted by Crippen LogP contribution is -2.10. The zero-order valence-corrected chi connectivity index (χ0v) is 16.2. The van der Waals surface area contributed by atoms with E-state index >= 15 is 0 Å². The van der Waals surface area contributed by atoms with Crippen LogP contribution in [-0.2, 0) is 11.9 Å². The van der Waals surface area contributed by atoms with Crippen LogP contribution in [0.3, 0.4) is 0 Å². The molecule has 0 unspecified atom stereocenters. The third-order valence-corrected chi connectivity index (χ3v) is 5.29. The summed E-state index contributed by atoms with van der Waals surface area (Å²) in [5.41, 5.74) is 2.46. The number of benzene rings is 2. The van der Waals surface area contributed by atoms with Crippen LogP contribution in [0.25, 0.3) is 11.3 Å². The van der Waals surface area contributed by atoms with Crippen molar-refractivity contribution >= 4 is 11.8 Å². The van der Waals surface area contributed by atoms with E-state index in [0.29, 0.717) is 11.3 Å². The van der Waals surface area contributed by atoms with Crippen molar-refractivity contribution in [3.8, 4) is 17.3 Å². The maximum absolute atomic E-state index is 13.6. The van der Waals surface area contributed by atoms with Crippen LogP contribution < -0.4 is 0 Å². The molecule has 1 aromatic heterocycles. The molecule has 142 valence electrons. The van der Waals surface area contributed by atoms with E-state index in [0.717, 1.165) is 34.5 Å².